The van der Waals surface area contributed by atoms with Crippen LogP contribution in [0.15, 0.2) is 23.3 Å². The minimum Gasteiger partial charge on any atom is -0.416 e. The van der Waals surface area contributed by atoms with Gasteiger partial charge in [0.15, 0.2) is 8.32 Å². The molecule has 4 aliphatic rings. The highest BCUT2D eigenvalue weighted by Gasteiger charge is 2.60. The number of aliphatic hydroxyl groups is 2. The molecule has 0 bridgehead atoms. The molecule has 0 radical (unpaired) electrons. The maximum Gasteiger partial charge on any atom is 0.192 e. The van der Waals surface area contributed by atoms with Crippen molar-refractivity contribution in [2.24, 2.45) is 28.6 Å². The molecule has 0 aromatic heterocycles. The minimum atomic E-state index is -1.91. The Morgan fingerprint density at radius 2 is 1.78 bits per heavy atom. The Bertz CT molecular complexity index is 897. The van der Waals surface area contributed by atoms with Crippen LogP contribution in [0.5, 0.6) is 0 Å². The highest BCUT2D eigenvalue weighted by atomic mass is 32.2. The summed E-state index contributed by atoms with van der Waals surface area (Å²) in [5.74, 6) is 2.24. The van der Waals surface area contributed by atoms with Crippen LogP contribution in [0.3, 0.4) is 0 Å². The van der Waals surface area contributed by atoms with Gasteiger partial charge in [-0.25, -0.2) is 0 Å². The molecule has 37 heavy (non-hydrogen) atoms. The summed E-state index contributed by atoms with van der Waals surface area (Å²) in [5, 5.41) is 22.6. The molecule has 0 aromatic rings. The average Bonchev–Trinajstić information content (AvgIpc) is 3.04. The lowest BCUT2D eigenvalue weighted by molar-refractivity contribution is 0.0343. The third-order valence-electron chi connectivity index (χ3n) is 11.5. The van der Waals surface area contributed by atoms with Crippen LogP contribution in [0.4, 0.5) is 0 Å². The third kappa shape index (κ3) is 5.73. The summed E-state index contributed by atoms with van der Waals surface area (Å²) < 4.78 is 6.84. The first-order valence-corrected chi connectivity index (χ1v) is 19.0. The Morgan fingerprint density at radius 1 is 1.08 bits per heavy atom. The fourth-order valence-corrected chi connectivity index (χ4v) is 10.9. The zero-order chi connectivity index (χ0) is 27.4. The van der Waals surface area contributed by atoms with Crippen LogP contribution >= 0.6 is 11.8 Å². The summed E-state index contributed by atoms with van der Waals surface area (Å²) in [4.78, 5) is 0. The summed E-state index contributed by atoms with van der Waals surface area (Å²) in [7, 11) is -1.91. The summed E-state index contributed by atoms with van der Waals surface area (Å²) in [6.45, 7) is 21.2. The van der Waals surface area contributed by atoms with Gasteiger partial charge in [0.25, 0.3) is 0 Å². The fourth-order valence-electron chi connectivity index (χ4n) is 7.99. The van der Waals surface area contributed by atoms with E-state index in [2.05, 4.69) is 59.9 Å². The maximum absolute atomic E-state index is 11.7. The molecule has 4 aliphatic carbocycles. The molecule has 0 unspecified atom stereocenters. The van der Waals surface area contributed by atoms with Crippen LogP contribution in [0.1, 0.15) is 99.8 Å². The van der Waals surface area contributed by atoms with Crippen molar-refractivity contribution in [3.05, 3.63) is 23.3 Å². The van der Waals surface area contributed by atoms with Gasteiger partial charge in [0, 0.05) is 17.8 Å². The predicted octanol–water partition coefficient (Wildman–Crippen LogP) is 8.13. The van der Waals surface area contributed by atoms with Crippen LogP contribution in [-0.2, 0) is 4.43 Å². The Balaban J connectivity index is 1.61. The second-order valence-electron chi connectivity index (χ2n) is 15.5. The lowest BCUT2D eigenvalue weighted by atomic mass is 9.50. The van der Waals surface area contributed by atoms with E-state index in [0.29, 0.717) is 23.9 Å². The number of aliphatic hydroxyl groups excluding tert-OH is 1. The van der Waals surface area contributed by atoms with Crippen molar-refractivity contribution in [2.75, 3.05) is 12.4 Å². The second-order valence-corrected chi connectivity index (χ2v) is 21.7. The number of hydrogen-bond donors (Lipinski definition) is 2. The van der Waals surface area contributed by atoms with E-state index in [9.17, 15) is 10.2 Å². The fraction of sp³-hybridized carbons (Fsp3) is 0.875. The molecule has 5 heteroatoms. The second kappa shape index (κ2) is 10.4. The molecule has 3 fully saturated rings. The highest BCUT2D eigenvalue weighted by Crippen LogP contribution is 2.66. The van der Waals surface area contributed by atoms with Crippen molar-refractivity contribution in [3.63, 3.8) is 0 Å². The first-order chi connectivity index (χ1) is 17.0. The first-order valence-electron chi connectivity index (χ1n) is 15.1. The molecule has 0 aliphatic heterocycles. The van der Waals surface area contributed by atoms with Crippen LogP contribution in [0, 0.1) is 28.6 Å². The van der Waals surface area contributed by atoms with Gasteiger partial charge in [-0.15, -0.1) is 0 Å². The van der Waals surface area contributed by atoms with E-state index < -0.39 is 13.9 Å². The highest BCUT2D eigenvalue weighted by molar-refractivity contribution is 7.99. The number of rotatable bonds is 8. The number of thioether (sulfide) groups is 1. The van der Waals surface area contributed by atoms with Gasteiger partial charge in [-0.2, -0.15) is 11.8 Å². The van der Waals surface area contributed by atoms with Gasteiger partial charge in [0.05, 0.1) is 11.7 Å². The van der Waals surface area contributed by atoms with E-state index in [1.54, 1.807) is 11.1 Å². The molecule has 212 valence electrons. The molecule has 0 heterocycles. The Hall–Kier alpha value is -0.0731. The number of allylic oxidation sites excluding steroid dienone is 4. The molecule has 0 saturated heterocycles. The zero-order valence-electron chi connectivity index (χ0n) is 25.3. The normalized spacial score (nSPS) is 37.3. The van der Waals surface area contributed by atoms with Gasteiger partial charge in [-0.1, -0.05) is 64.3 Å². The van der Waals surface area contributed by atoms with Crippen molar-refractivity contribution >= 4 is 20.1 Å². The molecule has 0 spiro atoms. The van der Waals surface area contributed by atoms with E-state index >= 15 is 0 Å². The zero-order valence-corrected chi connectivity index (χ0v) is 27.1. The van der Waals surface area contributed by atoms with Gasteiger partial charge in [0.2, 0.25) is 0 Å². The molecule has 2 N–H and O–H groups in total. The Kier molecular flexibility index (Phi) is 8.40. The SMILES string of the molecule is CC(C)(O)CCS[C@H](CO[Si](C)(C)C(C)(C)C)[C@H]1[C@H](O)C[C@H]2C3=CC=C4CCCC[C@]4(C)[C@H]3CC[C@]12C. The molecule has 3 nitrogen and oxygen atoms in total. The van der Waals surface area contributed by atoms with Crippen molar-refractivity contribution in [2.45, 2.75) is 135 Å². The standard InChI is InChI=1S/C32H56O3SSi/c1-29(2,3)37(8,9)35-21-27(36-19-18-30(4,5)34)28-26(33)20-25-23-14-13-22-12-10-11-16-31(22,6)24(23)15-17-32(25,28)7/h13-14,24-28,33-34H,10-12,15-21H2,1-9H3/t24-,25-,26+,27+,28+,31-,32-/m0/s1. The van der Waals surface area contributed by atoms with Gasteiger partial charge < -0.3 is 14.6 Å². The monoisotopic (exact) mass is 548 g/mol. The molecule has 3 saturated carbocycles. The van der Waals surface area contributed by atoms with Crippen molar-refractivity contribution in [1.82, 2.24) is 0 Å². The smallest absolute Gasteiger partial charge is 0.192 e. The van der Waals surface area contributed by atoms with Crippen molar-refractivity contribution in [3.8, 4) is 0 Å². The Labute approximate surface area is 233 Å². The average molecular weight is 549 g/mol. The lowest BCUT2D eigenvalue weighted by Gasteiger charge is -2.54. The molecule has 4 rings (SSSR count). The van der Waals surface area contributed by atoms with Gasteiger partial charge in [-0.3, -0.25) is 0 Å². The number of hydrogen-bond acceptors (Lipinski definition) is 4. The Morgan fingerprint density at radius 3 is 2.43 bits per heavy atom. The number of fused-ring (bicyclic) bond motifs is 5. The van der Waals surface area contributed by atoms with Crippen LogP contribution in [-0.4, -0.2) is 47.8 Å². The van der Waals surface area contributed by atoms with E-state index in [4.69, 9.17) is 4.43 Å². The topological polar surface area (TPSA) is 49.7 Å². The molecular weight excluding hydrogens is 493 g/mol. The predicted molar refractivity (Wildman–Crippen MR) is 161 cm³/mol. The van der Waals surface area contributed by atoms with E-state index in [1.807, 2.05) is 25.6 Å². The van der Waals surface area contributed by atoms with E-state index in [-0.39, 0.29) is 27.7 Å². The van der Waals surface area contributed by atoms with E-state index in [1.165, 1.54) is 38.5 Å². The van der Waals surface area contributed by atoms with Crippen molar-refractivity contribution in [1.29, 1.82) is 0 Å². The third-order valence-corrected chi connectivity index (χ3v) is 17.3. The summed E-state index contributed by atoms with van der Waals surface area (Å²) in [5.41, 5.74) is 3.10. The van der Waals surface area contributed by atoms with Crippen LogP contribution in [0.25, 0.3) is 0 Å². The van der Waals surface area contributed by atoms with Crippen molar-refractivity contribution < 1.29 is 14.6 Å². The molecular formula is C32H56O3SSi. The van der Waals surface area contributed by atoms with Gasteiger partial charge in [-0.05, 0) is 105 Å². The largest absolute Gasteiger partial charge is 0.416 e. The summed E-state index contributed by atoms with van der Waals surface area (Å²) >= 11 is 1.95. The van der Waals surface area contributed by atoms with Gasteiger partial charge >= 0.3 is 0 Å². The summed E-state index contributed by atoms with van der Waals surface area (Å²) in [6.07, 6.45) is 14.1. The molecule has 7 atom stereocenters. The first kappa shape index (κ1) is 29.9. The quantitative estimate of drug-likeness (QED) is 0.301. The lowest BCUT2D eigenvalue weighted by Crippen LogP contribution is -2.49. The maximum atomic E-state index is 11.7. The van der Waals surface area contributed by atoms with Crippen LogP contribution in [0.2, 0.25) is 18.1 Å². The molecule has 0 amide bonds. The van der Waals surface area contributed by atoms with E-state index in [0.717, 1.165) is 18.6 Å². The van der Waals surface area contributed by atoms with Crippen LogP contribution < -0.4 is 0 Å². The minimum absolute atomic E-state index is 0.0985. The summed E-state index contributed by atoms with van der Waals surface area (Å²) in [6, 6.07) is 0. The van der Waals surface area contributed by atoms with Gasteiger partial charge in [0.1, 0.15) is 0 Å². The molecule has 0 aromatic carbocycles.